The Morgan fingerprint density at radius 2 is 2.00 bits per heavy atom. The lowest BCUT2D eigenvalue weighted by Gasteiger charge is -2.28. The largest absolute Gasteiger partial charge is 0.462 e. The van der Waals surface area contributed by atoms with Gasteiger partial charge < -0.3 is 10.5 Å². The lowest BCUT2D eigenvalue weighted by molar-refractivity contribution is -0.138. The highest BCUT2D eigenvalue weighted by molar-refractivity contribution is 5.37. The van der Waals surface area contributed by atoms with Crippen molar-refractivity contribution in [3.05, 3.63) is 0 Å². The first-order valence-corrected chi connectivity index (χ1v) is 5.44. The Hall–Kier alpha value is -0.610. The molecule has 0 spiro atoms. The average molecular weight is 216 g/mol. The van der Waals surface area contributed by atoms with Crippen LogP contribution in [0.15, 0.2) is 0 Å². The van der Waals surface area contributed by atoms with E-state index in [4.69, 9.17) is 5.73 Å². The predicted molar refractivity (Wildman–Crippen MR) is 61.4 cm³/mol. The monoisotopic (exact) mass is 216 g/mol. The van der Waals surface area contributed by atoms with Crippen LogP contribution in [-0.4, -0.2) is 36.7 Å². The average Bonchev–Trinajstić information content (AvgIpc) is 2.09. The number of hydrogen-bond acceptors (Lipinski definition) is 4. The number of nitrogens with zero attached hydrogens (tertiary/aromatic N) is 1. The number of hydrogen-bond donors (Lipinski definition) is 1. The summed E-state index contributed by atoms with van der Waals surface area (Å²) in [5.41, 5.74) is 5.39. The summed E-state index contributed by atoms with van der Waals surface area (Å²) < 4.78 is 4.55. The Labute approximate surface area is 92.8 Å². The zero-order valence-corrected chi connectivity index (χ0v) is 10.3. The molecule has 1 heterocycles. The number of ether oxygens (including phenoxy) is 1. The van der Waals surface area contributed by atoms with Crippen LogP contribution in [0.3, 0.4) is 0 Å². The molecule has 90 valence electrons. The van der Waals surface area contributed by atoms with Gasteiger partial charge in [0, 0.05) is 0 Å². The third kappa shape index (κ3) is 8.39. The first-order valence-electron chi connectivity index (χ1n) is 5.44. The highest BCUT2D eigenvalue weighted by Crippen LogP contribution is 2.09. The summed E-state index contributed by atoms with van der Waals surface area (Å²) in [5, 5.41) is 0. The zero-order chi connectivity index (χ0) is 11.9. The van der Waals surface area contributed by atoms with E-state index < -0.39 is 0 Å². The van der Waals surface area contributed by atoms with Gasteiger partial charge in [-0.25, -0.2) is 0 Å². The van der Waals surface area contributed by atoms with Crippen molar-refractivity contribution in [3.8, 4) is 0 Å². The first kappa shape index (κ1) is 14.4. The summed E-state index contributed by atoms with van der Waals surface area (Å²) in [4.78, 5) is 11.8. The summed E-state index contributed by atoms with van der Waals surface area (Å²) in [6, 6.07) is 0. The molecule has 0 aromatic carbocycles. The van der Waals surface area contributed by atoms with Gasteiger partial charge in [-0.05, 0) is 53.6 Å². The van der Waals surface area contributed by atoms with Gasteiger partial charge in [0.1, 0.15) is 5.60 Å². The van der Waals surface area contributed by atoms with Crippen molar-refractivity contribution in [2.24, 2.45) is 5.73 Å². The molecule has 0 radical (unpaired) electrons. The highest BCUT2D eigenvalue weighted by atomic mass is 16.5. The van der Waals surface area contributed by atoms with Gasteiger partial charge in [0.05, 0.1) is 6.17 Å². The summed E-state index contributed by atoms with van der Waals surface area (Å²) in [6.07, 6.45) is 4.15. The van der Waals surface area contributed by atoms with E-state index in [0.717, 1.165) is 0 Å². The van der Waals surface area contributed by atoms with E-state index in [2.05, 4.69) is 16.7 Å². The van der Waals surface area contributed by atoms with E-state index in [1.165, 1.54) is 25.8 Å². The standard InChI is InChI=1S/C6H14N2.C5H10O2/c1-8-5-3-2-4-6(8)7;1-5(2,3)7-4-6/h6H,2-5,7H2,1H3;4H,1-3H3. The first-order chi connectivity index (χ1) is 6.87. The van der Waals surface area contributed by atoms with Crippen LogP contribution in [-0.2, 0) is 9.53 Å². The highest BCUT2D eigenvalue weighted by Gasteiger charge is 2.12. The van der Waals surface area contributed by atoms with Crippen molar-refractivity contribution >= 4 is 6.47 Å². The summed E-state index contributed by atoms with van der Waals surface area (Å²) in [6.45, 7) is 7.10. The maximum atomic E-state index is 9.60. The minimum Gasteiger partial charge on any atom is -0.462 e. The second-order valence-electron chi connectivity index (χ2n) is 4.87. The molecular formula is C11H24N2O2. The molecule has 1 rings (SSSR count). The lowest BCUT2D eigenvalue weighted by atomic mass is 10.1. The molecule has 1 fully saturated rings. The molecule has 4 heteroatoms. The van der Waals surface area contributed by atoms with Crippen molar-refractivity contribution in [2.45, 2.75) is 51.8 Å². The van der Waals surface area contributed by atoms with Crippen LogP contribution in [0.2, 0.25) is 0 Å². The molecule has 0 saturated carbocycles. The SMILES string of the molecule is CC(C)(C)OC=O.CN1CCCCC1N. The van der Waals surface area contributed by atoms with Crippen LogP contribution in [0.1, 0.15) is 40.0 Å². The quantitative estimate of drug-likeness (QED) is 0.672. The van der Waals surface area contributed by atoms with Crippen LogP contribution in [0.4, 0.5) is 0 Å². The third-order valence-electron chi connectivity index (χ3n) is 2.23. The zero-order valence-electron chi connectivity index (χ0n) is 10.3. The van der Waals surface area contributed by atoms with Gasteiger partial charge in [-0.2, -0.15) is 0 Å². The Morgan fingerprint density at radius 1 is 1.40 bits per heavy atom. The van der Waals surface area contributed by atoms with Gasteiger partial charge in [0.2, 0.25) is 0 Å². The molecule has 4 nitrogen and oxygen atoms in total. The Balaban J connectivity index is 0.000000265. The molecule has 1 saturated heterocycles. The van der Waals surface area contributed by atoms with Gasteiger partial charge in [-0.15, -0.1) is 0 Å². The van der Waals surface area contributed by atoms with Gasteiger partial charge in [0.25, 0.3) is 6.47 Å². The van der Waals surface area contributed by atoms with E-state index >= 15 is 0 Å². The maximum absolute atomic E-state index is 9.60. The van der Waals surface area contributed by atoms with Crippen LogP contribution >= 0.6 is 0 Å². The maximum Gasteiger partial charge on any atom is 0.293 e. The molecule has 0 aliphatic carbocycles. The van der Waals surface area contributed by atoms with Gasteiger partial charge in [0.15, 0.2) is 0 Å². The molecule has 1 unspecified atom stereocenters. The second-order valence-corrected chi connectivity index (χ2v) is 4.87. The molecule has 0 bridgehead atoms. The van der Waals surface area contributed by atoms with Gasteiger partial charge in [-0.3, -0.25) is 9.69 Å². The number of rotatable bonds is 1. The fraction of sp³-hybridized carbons (Fsp3) is 0.909. The van der Waals surface area contributed by atoms with Crippen molar-refractivity contribution < 1.29 is 9.53 Å². The minimum absolute atomic E-state index is 0.318. The molecule has 1 aliphatic heterocycles. The number of likely N-dealkylation sites (tertiary alicyclic amines) is 1. The molecule has 1 atom stereocenters. The number of nitrogens with two attached hydrogens (primary N) is 1. The van der Waals surface area contributed by atoms with Gasteiger partial charge in [-0.1, -0.05) is 0 Å². The fourth-order valence-electron chi connectivity index (χ4n) is 1.25. The molecule has 15 heavy (non-hydrogen) atoms. The Kier molecular flexibility index (Phi) is 6.52. The van der Waals surface area contributed by atoms with Crippen LogP contribution in [0.25, 0.3) is 0 Å². The summed E-state index contributed by atoms with van der Waals surface area (Å²) >= 11 is 0. The van der Waals surface area contributed by atoms with Crippen molar-refractivity contribution in [1.82, 2.24) is 4.90 Å². The third-order valence-corrected chi connectivity index (χ3v) is 2.23. The summed E-state index contributed by atoms with van der Waals surface area (Å²) in [5.74, 6) is 0. The number of carbonyl (C=O) groups excluding carboxylic acids is 1. The second kappa shape index (κ2) is 6.80. The summed E-state index contributed by atoms with van der Waals surface area (Å²) in [7, 11) is 2.09. The van der Waals surface area contributed by atoms with Crippen LogP contribution in [0, 0.1) is 0 Å². The molecular weight excluding hydrogens is 192 g/mol. The van der Waals surface area contributed by atoms with Crippen LogP contribution in [0.5, 0.6) is 0 Å². The Bertz CT molecular complexity index is 168. The smallest absolute Gasteiger partial charge is 0.293 e. The van der Waals surface area contributed by atoms with E-state index in [0.29, 0.717) is 12.6 Å². The minimum atomic E-state index is -0.318. The van der Waals surface area contributed by atoms with Crippen molar-refractivity contribution in [2.75, 3.05) is 13.6 Å². The molecule has 0 amide bonds. The molecule has 1 aliphatic rings. The van der Waals surface area contributed by atoms with Crippen molar-refractivity contribution in [1.29, 1.82) is 0 Å². The van der Waals surface area contributed by atoms with Crippen LogP contribution < -0.4 is 5.73 Å². The topological polar surface area (TPSA) is 55.6 Å². The van der Waals surface area contributed by atoms with E-state index in [1.807, 2.05) is 20.8 Å². The lowest BCUT2D eigenvalue weighted by Crippen LogP contribution is -2.42. The van der Waals surface area contributed by atoms with Gasteiger partial charge >= 0.3 is 0 Å². The van der Waals surface area contributed by atoms with Crippen molar-refractivity contribution in [3.63, 3.8) is 0 Å². The normalized spacial score (nSPS) is 22.6. The number of carbonyl (C=O) groups is 1. The Morgan fingerprint density at radius 3 is 2.20 bits per heavy atom. The fourth-order valence-corrected chi connectivity index (χ4v) is 1.25. The molecule has 0 aromatic rings. The predicted octanol–water partition coefficient (Wildman–Crippen LogP) is 1.34. The molecule has 0 aromatic heterocycles. The molecule has 2 N–H and O–H groups in total. The van der Waals surface area contributed by atoms with E-state index in [1.54, 1.807) is 0 Å². The number of piperidine rings is 1. The van der Waals surface area contributed by atoms with E-state index in [-0.39, 0.29) is 5.60 Å². The van der Waals surface area contributed by atoms with E-state index in [9.17, 15) is 4.79 Å².